The first-order valence-corrected chi connectivity index (χ1v) is 7.37. The SMILES string of the molecule is N=c1sc(C(=O)c2cccs2)nn1-c1ccc(O)cc1. The molecule has 3 aromatic rings. The van der Waals surface area contributed by atoms with Crippen molar-refractivity contribution in [1.82, 2.24) is 9.78 Å². The van der Waals surface area contributed by atoms with Crippen LogP contribution in [0.4, 0.5) is 0 Å². The summed E-state index contributed by atoms with van der Waals surface area (Å²) >= 11 is 2.39. The summed E-state index contributed by atoms with van der Waals surface area (Å²) in [6.45, 7) is 0. The molecule has 0 saturated carbocycles. The second-order valence-electron chi connectivity index (χ2n) is 3.95. The van der Waals surface area contributed by atoms with Crippen LogP contribution in [0.25, 0.3) is 5.69 Å². The molecule has 0 fully saturated rings. The van der Waals surface area contributed by atoms with Crippen LogP contribution in [0.2, 0.25) is 0 Å². The quantitative estimate of drug-likeness (QED) is 0.729. The van der Waals surface area contributed by atoms with E-state index in [1.807, 2.05) is 5.38 Å². The number of thiophene rings is 1. The van der Waals surface area contributed by atoms with Gasteiger partial charge in [0.2, 0.25) is 10.6 Å². The third kappa shape index (κ3) is 2.28. The summed E-state index contributed by atoms with van der Waals surface area (Å²) in [5, 5.41) is 23.5. The molecule has 0 aliphatic rings. The van der Waals surface area contributed by atoms with Gasteiger partial charge in [-0.2, -0.15) is 5.10 Å². The molecule has 2 aromatic heterocycles. The maximum atomic E-state index is 12.2. The van der Waals surface area contributed by atoms with Gasteiger partial charge >= 0.3 is 0 Å². The van der Waals surface area contributed by atoms with Gasteiger partial charge in [0.05, 0.1) is 10.6 Å². The second kappa shape index (κ2) is 5.03. The number of aromatic hydroxyl groups is 1. The highest BCUT2D eigenvalue weighted by molar-refractivity contribution is 7.15. The Morgan fingerprint density at radius 3 is 2.65 bits per heavy atom. The normalized spacial score (nSPS) is 10.6. The third-order valence-electron chi connectivity index (χ3n) is 2.61. The molecule has 2 heterocycles. The molecule has 0 saturated heterocycles. The maximum absolute atomic E-state index is 12.2. The molecule has 3 rings (SSSR count). The van der Waals surface area contributed by atoms with Gasteiger partial charge in [0.15, 0.2) is 5.01 Å². The molecule has 0 aliphatic heterocycles. The first kappa shape index (κ1) is 12.8. The van der Waals surface area contributed by atoms with Gasteiger partial charge in [-0.05, 0) is 35.7 Å². The average molecular weight is 303 g/mol. The number of ketones is 1. The lowest BCUT2D eigenvalue weighted by Crippen LogP contribution is -2.12. The van der Waals surface area contributed by atoms with Crippen LogP contribution in [0.3, 0.4) is 0 Å². The van der Waals surface area contributed by atoms with E-state index in [4.69, 9.17) is 5.41 Å². The van der Waals surface area contributed by atoms with Crippen LogP contribution in [-0.4, -0.2) is 20.7 Å². The van der Waals surface area contributed by atoms with Crippen LogP contribution in [0, 0.1) is 5.41 Å². The lowest BCUT2D eigenvalue weighted by atomic mass is 10.3. The molecule has 20 heavy (non-hydrogen) atoms. The molecule has 0 atom stereocenters. The van der Waals surface area contributed by atoms with Crippen molar-refractivity contribution in [2.45, 2.75) is 0 Å². The Hall–Kier alpha value is -2.25. The van der Waals surface area contributed by atoms with Crippen molar-refractivity contribution in [3.05, 3.63) is 56.5 Å². The van der Waals surface area contributed by atoms with E-state index in [1.54, 1.807) is 24.3 Å². The Bertz CT molecular complexity index is 801. The van der Waals surface area contributed by atoms with Gasteiger partial charge in [-0.15, -0.1) is 11.3 Å². The van der Waals surface area contributed by atoms with Crippen molar-refractivity contribution in [1.29, 1.82) is 5.41 Å². The van der Waals surface area contributed by atoms with Crippen molar-refractivity contribution >= 4 is 28.5 Å². The number of nitrogens with zero attached hydrogens (tertiary/aromatic N) is 2. The Balaban J connectivity index is 2.01. The fourth-order valence-corrected chi connectivity index (χ4v) is 3.14. The zero-order valence-corrected chi connectivity index (χ0v) is 11.7. The maximum Gasteiger partial charge on any atom is 0.233 e. The number of carbonyl (C=O) groups is 1. The van der Waals surface area contributed by atoms with E-state index in [0.717, 1.165) is 11.3 Å². The standard InChI is InChI=1S/C13H9N3O2S2/c14-13-16(8-3-5-9(17)6-4-8)15-12(20-13)11(18)10-2-1-7-19-10/h1-7,14,17H. The van der Waals surface area contributed by atoms with Crippen LogP contribution >= 0.6 is 22.7 Å². The molecule has 0 radical (unpaired) electrons. The van der Waals surface area contributed by atoms with Crippen LogP contribution in [0.1, 0.15) is 14.7 Å². The number of hydrogen-bond acceptors (Lipinski definition) is 6. The molecule has 0 bridgehead atoms. The lowest BCUT2D eigenvalue weighted by molar-refractivity contribution is 0.104. The Morgan fingerprint density at radius 2 is 2.00 bits per heavy atom. The van der Waals surface area contributed by atoms with E-state index in [9.17, 15) is 9.90 Å². The summed E-state index contributed by atoms with van der Waals surface area (Å²) in [5.41, 5.74) is 0.634. The summed E-state index contributed by atoms with van der Waals surface area (Å²) in [6, 6.07) is 9.87. The first-order valence-electron chi connectivity index (χ1n) is 5.67. The van der Waals surface area contributed by atoms with Crippen molar-refractivity contribution in [2.24, 2.45) is 0 Å². The van der Waals surface area contributed by atoms with E-state index in [-0.39, 0.29) is 21.3 Å². The van der Waals surface area contributed by atoms with Crippen molar-refractivity contribution in [3.63, 3.8) is 0 Å². The summed E-state index contributed by atoms with van der Waals surface area (Å²) < 4.78 is 1.38. The number of hydrogen-bond donors (Lipinski definition) is 2. The predicted molar refractivity (Wildman–Crippen MR) is 76.7 cm³/mol. The Morgan fingerprint density at radius 1 is 1.25 bits per heavy atom. The zero-order chi connectivity index (χ0) is 14.1. The molecule has 0 unspecified atom stereocenters. The fourth-order valence-electron chi connectivity index (χ4n) is 1.67. The monoisotopic (exact) mass is 303 g/mol. The van der Waals surface area contributed by atoms with Crippen molar-refractivity contribution in [2.75, 3.05) is 0 Å². The van der Waals surface area contributed by atoms with E-state index >= 15 is 0 Å². The van der Waals surface area contributed by atoms with Crippen LogP contribution in [-0.2, 0) is 0 Å². The highest BCUT2D eigenvalue weighted by Gasteiger charge is 2.16. The number of phenols is 1. The molecular weight excluding hydrogens is 294 g/mol. The van der Waals surface area contributed by atoms with Gasteiger partial charge in [-0.1, -0.05) is 17.4 Å². The van der Waals surface area contributed by atoms with E-state index in [2.05, 4.69) is 5.10 Å². The van der Waals surface area contributed by atoms with E-state index in [0.29, 0.717) is 10.6 Å². The van der Waals surface area contributed by atoms with E-state index in [1.165, 1.54) is 28.2 Å². The minimum Gasteiger partial charge on any atom is -0.508 e. The summed E-state index contributed by atoms with van der Waals surface area (Å²) in [4.78, 5) is 13.0. The van der Waals surface area contributed by atoms with Gasteiger partial charge in [0.1, 0.15) is 5.75 Å². The second-order valence-corrected chi connectivity index (χ2v) is 5.87. The highest BCUT2D eigenvalue weighted by atomic mass is 32.1. The number of aromatic nitrogens is 2. The van der Waals surface area contributed by atoms with Gasteiger partial charge in [0, 0.05) is 0 Å². The number of benzene rings is 1. The van der Waals surface area contributed by atoms with Crippen LogP contribution in [0.15, 0.2) is 41.8 Å². The highest BCUT2D eigenvalue weighted by Crippen LogP contribution is 2.17. The molecule has 1 aromatic carbocycles. The van der Waals surface area contributed by atoms with E-state index < -0.39 is 0 Å². The largest absolute Gasteiger partial charge is 0.508 e. The summed E-state index contributed by atoms with van der Waals surface area (Å²) in [7, 11) is 0. The topological polar surface area (TPSA) is 79.0 Å². The molecule has 2 N–H and O–H groups in total. The Labute approximate surface area is 121 Å². The molecule has 100 valence electrons. The average Bonchev–Trinajstić information content (AvgIpc) is 3.08. The number of carbonyl (C=O) groups excluding carboxylic acids is 1. The van der Waals surface area contributed by atoms with Gasteiger partial charge in [-0.25, -0.2) is 4.68 Å². The minimum atomic E-state index is -0.170. The van der Waals surface area contributed by atoms with Gasteiger partial charge < -0.3 is 5.11 Å². The third-order valence-corrected chi connectivity index (χ3v) is 4.31. The zero-order valence-electron chi connectivity index (χ0n) is 10.1. The van der Waals surface area contributed by atoms with Crippen LogP contribution < -0.4 is 4.80 Å². The molecular formula is C13H9N3O2S2. The molecule has 7 heteroatoms. The number of phenolic OH excluding ortho intramolecular Hbond substituents is 1. The molecule has 5 nitrogen and oxygen atoms in total. The predicted octanol–water partition coefficient (Wildman–Crippen LogP) is 2.41. The number of rotatable bonds is 3. The van der Waals surface area contributed by atoms with Crippen molar-refractivity contribution in [3.8, 4) is 11.4 Å². The molecule has 0 amide bonds. The first-order chi connectivity index (χ1) is 9.65. The Kier molecular flexibility index (Phi) is 3.21. The minimum absolute atomic E-state index is 0.144. The van der Waals surface area contributed by atoms with Crippen molar-refractivity contribution < 1.29 is 9.90 Å². The summed E-state index contributed by atoms with van der Waals surface area (Å²) in [5.74, 6) is -0.0259. The van der Waals surface area contributed by atoms with Gasteiger partial charge in [-0.3, -0.25) is 10.2 Å². The molecule has 0 aliphatic carbocycles. The molecule has 0 spiro atoms. The summed E-state index contributed by atoms with van der Waals surface area (Å²) in [6.07, 6.45) is 0. The smallest absolute Gasteiger partial charge is 0.233 e. The van der Waals surface area contributed by atoms with Crippen LogP contribution in [0.5, 0.6) is 5.75 Å². The number of nitrogens with one attached hydrogen (secondary N) is 1. The fraction of sp³-hybridized carbons (Fsp3) is 0. The lowest BCUT2D eigenvalue weighted by Gasteiger charge is -1.99. The van der Waals surface area contributed by atoms with Gasteiger partial charge in [0.25, 0.3) is 0 Å².